The minimum Gasteiger partial charge on any atom is -0.508 e. The van der Waals surface area contributed by atoms with Crippen molar-refractivity contribution in [3.8, 4) is 11.5 Å². The van der Waals surface area contributed by atoms with E-state index in [4.69, 9.17) is 10.2 Å². The molecule has 16 heavy (non-hydrogen) atoms. The Kier molecular flexibility index (Phi) is 3.90. The van der Waals surface area contributed by atoms with Gasteiger partial charge in [-0.2, -0.15) is 0 Å². The van der Waals surface area contributed by atoms with Gasteiger partial charge in [-0.1, -0.05) is 0 Å². The number of pyridine rings is 2. The van der Waals surface area contributed by atoms with E-state index in [9.17, 15) is 9.59 Å². The molecule has 0 aromatic carbocycles. The minimum absolute atomic E-state index is 0.00579. The highest BCUT2D eigenvalue weighted by Crippen LogP contribution is 1.97. The first-order chi connectivity index (χ1) is 7.59. The molecule has 2 rings (SSSR count). The van der Waals surface area contributed by atoms with Gasteiger partial charge in [0.25, 0.3) is 11.1 Å². The third-order valence-electron chi connectivity index (χ3n) is 1.56. The highest BCUT2D eigenvalue weighted by Gasteiger charge is 1.87. The summed E-state index contributed by atoms with van der Waals surface area (Å²) in [7, 11) is 0. The van der Waals surface area contributed by atoms with Crippen LogP contribution in [0, 0.1) is 0 Å². The lowest BCUT2D eigenvalue weighted by molar-refractivity contribution is 0.466. The standard InChI is InChI=1S/2C5H5NO2/c7-4-1-2-6-5(8)3-4;7-4-2-1-3-6-5(4)8/h1-3H,(H2,6,7,8);1-3,7H,(H,6,8). The molecule has 0 saturated heterocycles. The van der Waals surface area contributed by atoms with Crippen molar-refractivity contribution in [2.75, 3.05) is 0 Å². The van der Waals surface area contributed by atoms with Crippen LogP contribution in [-0.2, 0) is 0 Å². The molecule has 0 spiro atoms. The Bertz CT molecular complexity index is 559. The zero-order valence-electron chi connectivity index (χ0n) is 8.18. The fourth-order valence-electron chi connectivity index (χ4n) is 0.846. The molecule has 0 aliphatic heterocycles. The normalized spacial score (nSPS) is 9.00. The van der Waals surface area contributed by atoms with Gasteiger partial charge in [0.05, 0.1) is 0 Å². The molecular weight excluding hydrogens is 212 g/mol. The van der Waals surface area contributed by atoms with Crippen molar-refractivity contribution in [3.63, 3.8) is 0 Å². The van der Waals surface area contributed by atoms with Crippen LogP contribution in [-0.4, -0.2) is 20.2 Å². The summed E-state index contributed by atoms with van der Waals surface area (Å²) in [6.07, 6.45) is 2.85. The number of aromatic hydroxyl groups is 2. The van der Waals surface area contributed by atoms with Crippen molar-refractivity contribution < 1.29 is 10.2 Å². The van der Waals surface area contributed by atoms with Crippen molar-refractivity contribution in [1.82, 2.24) is 9.97 Å². The zero-order chi connectivity index (χ0) is 12.0. The SMILES string of the molecule is O=c1[nH]cccc1O.O=c1cc(O)cc[nH]1. The predicted molar refractivity (Wildman–Crippen MR) is 57.5 cm³/mol. The Hall–Kier alpha value is -2.50. The van der Waals surface area contributed by atoms with E-state index in [0.717, 1.165) is 6.07 Å². The molecule has 0 bridgehead atoms. The van der Waals surface area contributed by atoms with Gasteiger partial charge in [-0.05, 0) is 18.2 Å². The average Bonchev–Trinajstić information content (AvgIpc) is 2.23. The van der Waals surface area contributed by atoms with Crippen LogP contribution in [0.15, 0.2) is 46.2 Å². The summed E-state index contributed by atoms with van der Waals surface area (Å²) in [6.45, 7) is 0. The van der Waals surface area contributed by atoms with Gasteiger partial charge in [0.1, 0.15) is 5.75 Å². The first-order valence-corrected chi connectivity index (χ1v) is 4.34. The molecule has 0 radical (unpaired) electrons. The van der Waals surface area contributed by atoms with Crippen LogP contribution in [0.3, 0.4) is 0 Å². The second-order valence-corrected chi connectivity index (χ2v) is 2.80. The highest BCUT2D eigenvalue weighted by molar-refractivity contribution is 5.14. The highest BCUT2D eigenvalue weighted by atomic mass is 16.3. The van der Waals surface area contributed by atoms with Crippen LogP contribution in [0.4, 0.5) is 0 Å². The Labute approximate surface area is 89.8 Å². The molecule has 2 aromatic rings. The van der Waals surface area contributed by atoms with Gasteiger partial charge in [0.2, 0.25) is 0 Å². The van der Waals surface area contributed by atoms with E-state index in [1.165, 1.54) is 24.5 Å². The first-order valence-electron chi connectivity index (χ1n) is 4.34. The Morgan fingerprint density at radius 2 is 1.75 bits per heavy atom. The Morgan fingerprint density at radius 1 is 1.00 bits per heavy atom. The van der Waals surface area contributed by atoms with E-state index in [1.54, 1.807) is 6.07 Å². The number of H-pyrrole nitrogens is 2. The molecule has 0 aliphatic rings. The molecule has 84 valence electrons. The lowest BCUT2D eigenvalue weighted by Gasteiger charge is -1.83. The van der Waals surface area contributed by atoms with Crippen LogP contribution >= 0.6 is 0 Å². The van der Waals surface area contributed by atoms with Crippen LogP contribution in [0.1, 0.15) is 0 Å². The molecular formula is C10H10N2O4. The van der Waals surface area contributed by atoms with Crippen LogP contribution in [0.5, 0.6) is 11.5 Å². The molecule has 2 heterocycles. The fourth-order valence-corrected chi connectivity index (χ4v) is 0.846. The van der Waals surface area contributed by atoms with Crippen molar-refractivity contribution in [2.24, 2.45) is 0 Å². The number of aromatic nitrogens is 2. The van der Waals surface area contributed by atoms with E-state index in [2.05, 4.69) is 9.97 Å². The van der Waals surface area contributed by atoms with E-state index >= 15 is 0 Å². The third-order valence-corrected chi connectivity index (χ3v) is 1.56. The summed E-state index contributed by atoms with van der Waals surface area (Å²) >= 11 is 0. The summed E-state index contributed by atoms with van der Waals surface area (Å²) in [5.41, 5.74) is -0.738. The molecule has 4 N–H and O–H groups in total. The Balaban J connectivity index is 0.000000160. The molecule has 2 aromatic heterocycles. The van der Waals surface area contributed by atoms with Gasteiger partial charge < -0.3 is 20.2 Å². The van der Waals surface area contributed by atoms with Crippen LogP contribution in [0.25, 0.3) is 0 Å². The summed E-state index contributed by atoms with van der Waals surface area (Å²) in [5.74, 6) is -0.249. The number of hydrogen-bond acceptors (Lipinski definition) is 4. The molecule has 6 nitrogen and oxygen atoms in total. The minimum atomic E-state index is -0.451. The molecule has 0 saturated carbocycles. The quantitative estimate of drug-likeness (QED) is 0.509. The summed E-state index contributed by atoms with van der Waals surface area (Å²) in [4.78, 5) is 25.2. The topological polar surface area (TPSA) is 106 Å². The molecule has 0 aliphatic carbocycles. The van der Waals surface area contributed by atoms with Crippen LogP contribution < -0.4 is 11.1 Å². The number of nitrogens with one attached hydrogen (secondary N) is 2. The monoisotopic (exact) mass is 222 g/mol. The smallest absolute Gasteiger partial charge is 0.290 e. The maximum Gasteiger partial charge on any atom is 0.290 e. The third kappa shape index (κ3) is 3.70. The van der Waals surface area contributed by atoms with Crippen molar-refractivity contribution in [1.29, 1.82) is 0 Å². The van der Waals surface area contributed by atoms with Crippen LogP contribution in [0.2, 0.25) is 0 Å². The van der Waals surface area contributed by atoms with E-state index in [-0.39, 0.29) is 17.1 Å². The van der Waals surface area contributed by atoms with Crippen molar-refractivity contribution in [3.05, 3.63) is 57.4 Å². The summed E-state index contributed by atoms with van der Waals surface area (Å²) in [6, 6.07) is 5.40. The zero-order valence-corrected chi connectivity index (χ0v) is 8.18. The summed E-state index contributed by atoms with van der Waals surface area (Å²) < 4.78 is 0. The van der Waals surface area contributed by atoms with Gasteiger partial charge in [-0.3, -0.25) is 9.59 Å². The van der Waals surface area contributed by atoms with Gasteiger partial charge in [-0.15, -0.1) is 0 Å². The fraction of sp³-hybridized carbons (Fsp3) is 0. The molecule has 0 fully saturated rings. The number of aromatic amines is 2. The first kappa shape index (κ1) is 11.6. The Morgan fingerprint density at radius 3 is 2.12 bits per heavy atom. The lowest BCUT2D eigenvalue weighted by atomic mass is 10.5. The number of hydrogen-bond donors (Lipinski definition) is 4. The molecule has 0 amide bonds. The van der Waals surface area contributed by atoms with Crippen molar-refractivity contribution in [2.45, 2.75) is 0 Å². The maximum absolute atomic E-state index is 10.3. The summed E-state index contributed by atoms with van der Waals surface area (Å²) in [5, 5.41) is 17.2. The van der Waals surface area contributed by atoms with E-state index < -0.39 is 5.56 Å². The molecule has 0 unspecified atom stereocenters. The molecule has 6 heteroatoms. The lowest BCUT2D eigenvalue weighted by Crippen LogP contribution is -2.01. The predicted octanol–water partition coefficient (Wildman–Crippen LogP) is 0.161. The van der Waals surface area contributed by atoms with E-state index in [0.29, 0.717) is 0 Å². The average molecular weight is 222 g/mol. The van der Waals surface area contributed by atoms with Crippen molar-refractivity contribution >= 4 is 0 Å². The second kappa shape index (κ2) is 5.40. The van der Waals surface area contributed by atoms with Gasteiger partial charge in [0, 0.05) is 18.5 Å². The van der Waals surface area contributed by atoms with E-state index in [1.807, 2.05) is 0 Å². The van der Waals surface area contributed by atoms with Gasteiger partial charge in [-0.25, -0.2) is 0 Å². The number of rotatable bonds is 0. The maximum atomic E-state index is 10.3. The largest absolute Gasteiger partial charge is 0.508 e. The van der Waals surface area contributed by atoms with Gasteiger partial charge >= 0.3 is 0 Å². The second-order valence-electron chi connectivity index (χ2n) is 2.80. The van der Waals surface area contributed by atoms with Gasteiger partial charge in [0.15, 0.2) is 5.75 Å². The molecule has 0 atom stereocenters.